The zero-order valence-electron chi connectivity index (χ0n) is 25.7. The van der Waals surface area contributed by atoms with Crippen LogP contribution in [0.1, 0.15) is 62.8 Å². The van der Waals surface area contributed by atoms with Crippen molar-refractivity contribution in [3.05, 3.63) is 152 Å². The fourth-order valence-corrected chi connectivity index (χ4v) is 4.60. The third-order valence-electron chi connectivity index (χ3n) is 7.17. The number of nitroso groups, excluding NO2 is 2. The van der Waals surface area contributed by atoms with Gasteiger partial charge in [-0.15, -0.1) is 10.6 Å². The molecule has 0 unspecified atom stereocenters. The molecular weight excluding hydrogens is 534 g/mol. The highest BCUT2D eigenvalue weighted by molar-refractivity contribution is 5.96. The summed E-state index contributed by atoms with van der Waals surface area (Å²) in [5.41, 5.74) is 10.7. The van der Waals surface area contributed by atoms with Crippen molar-refractivity contribution in [3.8, 4) is 0 Å². The van der Waals surface area contributed by atoms with E-state index in [9.17, 15) is 14.6 Å². The van der Waals surface area contributed by atoms with Crippen molar-refractivity contribution >= 4 is 11.5 Å². The molecule has 3 rings (SSSR count). The first kappa shape index (κ1) is 32.8. The van der Waals surface area contributed by atoms with Gasteiger partial charge < -0.3 is 4.90 Å². The summed E-state index contributed by atoms with van der Waals surface area (Å²) < 4.78 is 0. The zero-order chi connectivity index (χ0) is 31.2. The van der Waals surface area contributed by atoms with Crippen LogP contribution in [0.2, 0.25) is 0 Å². The lowest BCUT2D eigenvalue weighted by Gasteiger charge is -2.27. The van der Waals surface area contributed by atoms with Crippen molar-refractivity contribution in [1.82, 2.24) is 4.90 Å². The maximum atomic E-state index is 12.0. The van der Waals surface area contributed by atoms with Crippen molar-refractivity contribution in [2.45, 2.75) is 58.9 Å². The molecule has 0 spiro atoms. The minimum atomic E-state index is -0.946. The topological polar surface area (TPSA) is 79.2 Å². The van der Waals surface area contributed by atoms with Gasteiger partial charge in [0.2, 0.25) is 0 Å². The van der Waals surface area contributed by atoms with Gasteiger partial charge >= 0.3 is 5.91 Å². The average molecular weight is 576 g/mol. The van der Waals surface area contributed by atoms with Crippen LogP contribution in [-0.2, 0) is 23.2 Å². The molecule has 1 amide bonds. The SMILES string of the molecule is C=C(/C=C(\C=C/CN=O)N(CC1=CC=C(c2ccc(CCCC)cc2)C=C=C1)Cc1ccc(C(C)(C)C)cc1)C(=O)N=O. The largest absolute Gasteiger partial charge is 0.363 e. The summed E-state index contributed by atoms with van der Waals surface area (Å²) in [7, 11) is 0. The van der Waals surface area contributed by atoms with Crippen LogP contribution in [0.15, 0.2) is 131 Å². The summed E-state index contributed by atoms with van der Waals surface area (Å²) in [6.07, 6.45) is 16.3. The summed E-state index contributed by atoms with van der Waals surface area (Å²) in [4.78, 5) is 35.8. The molecule has 6 nitrogen and oxygen atoms in total. The molecule has 222 valence electrons. The van der Waals surface area contributed by atoms with E-state index in [1.807, 2.05) is 12.2 Å². The number of hydrogen-bond acceptors (Lipinski definition) is 5. The third-order valence-corrected chi connectivity index (χ3v) is 7.17. The number of carbonyl (C=O) groups excluding carboxylic acids is 1. The Bertz CT molecular complexity index is 1490. The second-order valence-electron chi connectivity index (χ2n) is 11.6. The van der Waals surface area contributed by atoms with Crippen LogP contribution < -0.4 is 0 Å². The number of amides is 1. The van der Waals surface area contributed by atoms with Gasteiger partial charge in [0.15, 0.2) is 0 Å². The standard InChI is InChI=1S/C37H41N3O3/c1-6-7-10-29-14-19-33(20-15-29)32-12-8-11-30(16-21-32)26-40(27-31-17-22-34(23-18-31)37(3,4)5)35(13-9-24-38-42)25-28(2)36(41)39-43/h9,11-23,25H,2,6-7,10,24,26-27H2,1,3-5H3/b13-9-,35-25+. The molecule has 0 aromatic heterocycles. The highest BCUT2D eigenvalue weighted by Crippen LogP contribution is 2.25. The maximum Gasteiger partial charge on any atom is 0.316 e. The monoisotopic (exact) mass is 575 g/mol. The molecule has 0 saturated carbocycles. The van der Waals surface area contributed by atoms with Crippen LogP contribution in [0.5, 0.6) is 0 Å². The van der Waals surface area contributed by atoms with E-state index in [0.717, 1.165) is 28.7 Å². The maximum absolute atomic E-state index is 12.0. The Kier molecular flexibility index (Phi) is 12.3. The summed E-state index contributed by atoms with van der Waals surface area (Å²) >= 11 is 0. The molecule has 0 N–H and O–H groups in total. The molecule has 1 aliphatic carbocycles. The molecule has 0 saturated heterocycles. The fourth-order valence-electron chi connectivity index (χ4n) is 4.60. The number of unbranched alkanes of at least 4 members (excludes halogenated alkanes) is 1. The molecule has 0 fully saturated rings. The van der Waals surface area contributed by atoms with Crippen molar-refractivity contribution in [1.29, 1.82) is 0 Å². The van der Waals surface area contributed by atoms with Gasteiger partial charge in [0.25, 0.3) is 0 Å². The number of nitrogens with zero attached hydrogens (tertiary/aromatic N) is 3. The van der Waals surface area contributed by atoms with Crippen LogP contribution in [-0.4, -0.2) is 23.9 Å². The van der Waals surface area contributed by atoms with Gasteiger partial charge in [-0.3, -0.25) is 4.79 Å². The first-order valence-electron chi connectivity index (χ1n) is 14.7. The number of aryl methyl sites for hydroxylation is 1. The van der Waals surface area contributed by atoms with Gasteiger partial charge in [-0.2, -0.15) is 4.91 Å². The number of allylic oxidation sites excluding steroid dienone is 4. The predicted molar refractivity (Wildman–Crippen MR) is 177 cm³/mol. The van der Waals surface area contributed by atoms with Crippen LogP contribution >= 0.6 is 0 Å². The van der Waals surface area contributed by atoms with E-state index in [1.165, 1.54) is 30.0 Å². The van der Waals surface area contributed by atoms with Crippen LogP contribution in [0.3, 0.4) is 0 Å². The highest BCUT2D eigenvalue weighted by atomic mass is 16.3. The molecule has 0 radical (unpaired) electrons. The van der Waals surface area contributed by atoms with Gasteiger partial charge in [0, 0.05) is 29.5 Å². The van der Waals surface area contributed by atoms with Gasteiger partial charge in [-0.05, 0) is 76.0 Å². The van der Waals surface area contributed by atoms with E-state index >= 15 is 0 Å². The Morgan fingerprint density at radius 2 is 1.65 bits per heavy atom. The number of carbonyl (C=O) groups is 1. The minimum absolute atomic E-state index is 0.0237. The lowest BCUT2D eigenvalue weighted by atomic mass is 9.87. The van der Waals surface area contributed by atoms with Gasteiger partial charge in [0.05, 0.1) is 6.54 Å². The molecule has 2 aromatic rings. The second-order valence-corrected chi connectivity index (χ2v) is 11.6. The zero-order valence-corrected chi connectivity index (χ0v) is 25.7. The lowest BCUT2D eigenvalue weighted by Crippen LogP contribution is -2.24. The summed E-state index contributed by atoms with van der Waals surface area (Å²) in [6.45, 7) is 13.4. The van der Waals surface area contributed by atoms with E-state index in [-0.39, 0.29) is 17.5 Å². The predicted octanol–water partition coefficient (Wildman–Crippen LogP) is 8.92. The normalized spacial score (nSPS) is 13.3. The molecule has 0 heterocycles. The molecule has 43 heavy (non-hydrogen) atoms. The van der Waals surface area contributed by atoms with Crippen LogP contribution in [0, 0.1) is 9.81 Å². The van der Waals surface area contributed by atoms with E-state index < -0.39 is 5.91 Å². The highest BCUT2D eigenvalue weighted by Gasteiger charge is 2.16. The smallest absolute Gasteiger partial charge is 0.316 e. The molecule has 0 aliphatic heterocycles. The Morgan fingerprint density at radius 3 is 2.28 bits per heavy atom. The molecule has 6 heteroatoms. The van der Waals surface area contributed by atoms with E-state index in [4.69, 9.17) is 0 Å². The van der Waals surface area contributed by atoms with Crippen LogP contribution in [0.4, 0.5) is 0 Å². The molecule has 0 bridgehead atoms. The number of rotatable bonds is 14. The van der Waals surface area contributed by atoms with E-state index in [2.05, 4.69) is 116 Å². The van der Waals surface area contributed by atoms with Crippen molar-refractivity contribution in [2.24, 2.45) is 10.4 Å². The Morgan fingerprint density at radius 1 is 0.953 bits per heavy atom. The lowest BCUT2D eigenvalue weighted by molar-refractivity contribution is -0.114. The van der Waals surface area contributed by atoms with Crippen molar-refractivity contribution < 1.29 is 4.79 Å². The fraction of sp³-hybridized carbons (Fsp3) is 0.297. The summed E-state index contributed by atoms with van der Waals surface area (Å²) in [6, 6.07) is 17.1. The summed E-state index contributed by atoms with van der Waals surface area (Å²) in [5.74, 6) is -0.946. The Labute approximate surface area is 255 Å². The number of benzene rings is 2. The molecule has 0 atom stereocenters. The first-order chi connectivity index (χ1) is 20.6. The average Bonchev–Trinajstić information content (AvgIpc) is 3.24. The van der Waals surface area contributed by atoms with E-state index in [1.54, 1.807) is 12.2 Å². The van der Waals surface area contributed by atoms with Crippen molar-refractivity contribution in [2.75, 3.05) is 13.1 Å². The van der Waals surface area contributed by atoms with Crippen molar-refractivity contribution in [3.63, 3.8) is 0 Å². The van der Waals surface area contributed by atoms with E-state index in [0.29, 0.717) is 18.8 Å². The van der Waals surface area contributed by atoms with Gasteiger partial charge in [-0.1, -0.05) is 113 Å². The molecular formula is C37H41N3O3. The second kappa shape index (κ2) is 16.1. The molecule has 1 aliphatic rings. The minimum Gasteiger partial charge on any atom is -0.363 e. The van der Waals surface area contributed by atoms with Gasteiger partial charge in [0.1, 0.15) is 0 Å². The number of hydrogen-bond donors (Lipinski definition) is 0. The Hall–Kier alpha value is -4.67. The summed E-state index contributed by atoms with van der Waals surface area (Å²) in [5, 5.41) is 5.43. The Balaban J connectivity index is 1.97. The van der Waals surface area contributed by atoms with Crippen LogP contribution in [0.25, 0.3) is 5.57 Å². The quantitative estimate of drug-likeness (QED) is 0.0975. The first-order valence-corrected chi connectivity index (χ1v) is 14.7. The molecule has 2 aromatic carbocycles. The third kappa shape index (κ3) is 10.3. The van der Waals surface area contributed by atoms with Gasteiger partial charge in [-0.25, -0.2) is 0 Å².